The average Bonchev–Trinajstić information content (AvgIpc) is 2.70. The average molecular weight is 321 g/mol. The number of hydrogen-bond donors (Lipinski definition) is 3. The molecule has 1 aromatic carbocycles. The number of aliphatic hydroxyl groups is 1. The molecule has 1 fully saturated rings. The molecule has 1 aliphatic heterocycles. The fraction of sp³-hybridized carbons (Fsp3) is 0.267. The summed E-state index contributed by atoms with van der Waals surface area (Å²) in [4.78, 5) is 34.9. The van der Waals surface area contributed by atoms with Gasteiger partial charge in [-0.2, -0.15) is 0 Å². The number of carboxylic acids is 1. The van der Waals surface area contributed by atoms with Gasteiger partial charge >= 0.3 is 12.1 Å². The highest BCUT2D eigenvalue weighted by molar-refractivity contribution is 6.11. The molecule has 122 valence electrons. The first-order valence-electron chi connectivity index (χ1n) is 6.61. The standard InChI is InChI=1S/C15H15NO7/c1-9-11(17)15(13(19)20,16(12(9)18)14(21)22)8-23-7-10-5-3-2-4-6-10/h2-6,11,17H,1,7-8H2,(H,19,20)(H,21,22). The Bertz CT molecular complexity index is 657. The van der Waals surface area contributed by atoms with E-state index < -0.39 is 41.8 Å². The Kier molecular flexibility index (Phi) is 4.48. The van der Waals surface area contributed by atoms with Crippen molar-refractivity contribution in [1.29, 1.82) is 0 Å². The van der Waals surface area contributed by atoms with Gasteiger partial charge in [-0.1, -0.05) is 36.9 Å². The van der Waals surface area contributed by atoms with Crippen LogP contribution in [-0.2, 0) is 20.9 Å². The van der Waals surface area contributed by atoms with Gasteiger partial charge in [-0.3, -0.25) is 4.79 Å². The molecule has 1 saturated heterocycles. The highest BCUT2D eigenvalue weighted by Crippen LogP contribution is 2.35. The maximum Gasteiger partial charge on any atom is 0.415 e. The molecule has 2 unspecified atom stereocenters. The Labute approximate surface area is 131 Å². The molecular formula is C15H15NO7. The van der Waals surface area contributed by atoms with Gasteiger partial charge in [0.2, 0.25) is 5.54 Å². The van der Waals surface area contributed by atoms with Crippen molar-refractivity contribution in [2.24, 2.45) is 0 Å². The second-order valence-electron chi connectivity index (χ2n) is 5.06. The van der Waals surface area contributed by atoms with Gasteiger partial charge in [0, 0.05) is 5.57 Å². The maximum absolute atomic E-state index is 11.9. The van der Waals surface area contributed by atoms with E-state index >= 15 is 0 Å². The van der Waals surface area contributed by atoms with E-state index in [1.54, 1.807) is 30.3 Å². The molecule has 23 heavy (non-hydrogen) atoms. The third-order valence-electron chi connectivity index (χ3n) is 3.65. The third kappa shape index (κ3) is 2.69. The molecule has 2 amide bonds. The van der Waals surface area contributed by atoms with Crippen molar-refractivity contribution in [1.82, 2.24) is 4.90 Å². The molecule has 1 heterocycles. The molecule has 0 bridgehead atoms. The van der Waals surface area contributed by atoms with Crippen molar-refractivity contribution in [2.45, 2.75) is 18.2 Å². The number of rotatable bonds is 5. The van der Waals surface area contributed by atoms with E-state index in [4.69, 9.17) is 9.84 Å². The first kappa shape index (κ1) is 16.7. The van der Waals surface area contributed by atoms with Gasteiger partial charge in [0.1, 0.15) is 6.10 Å². The predicted octanol–water partition coefficient (Wildman–Crippen LogP) is 0.464. The largest absolute Gasteiger partial charge is 0.479 e. The summed E-state index contributed by atoms with van der Waals surface area (Å²) in [6.45, 7) is 2.57. The first-order valence-corrected chi connectivity index (χ1v) is 6.61. The highest BCUT2D eigenvalue weighted by atomic mass is 16.5. The minimum absolute atomic E-state index is 0.00326. The lowest BCUT2D eigenvalue weighted by Gasteiger charge is -2.32. The molecule has 0 radical (unpaired) electrons. The van der Waals surface area contributed by atoms with E-state index in [9.17, 15) is 24.6 Å². The first-order chi connectivity index (χ1) is 10.8. The Morgan fingerprint density at radius 2 is 1.87 bits per heavy atom. The van der Waals surface area contributed by atoms with Crippen molar-refractivity contribution < 1.29 is 34.4 Å². The van der Waals surface area contributed by atoms with Gasteiger partial charge in [0.25, 0.3) is 5.91 Å². The molecule has 1 aliphatic rings. The number of benzene rings is 1. The smallest absolute Gasteiger partial charge is 0.415 e. The second kappa shape index (κ2) is 6.19. The molecule has 8 heteroatoms. The van der Waals surface area contributed by atoms with Crippen LogP contribution in [0.2, 0.25) is 0 Å². The fourth-order valence-electron chi connectivity index (χ4n) is 2.43. The van der Waals surface area contributed by atoms with Gasteiger partial charge in [-0.05, 0) is 5.56 Å². The summed E-state index contributed by atoms with van der Waals surface area (Å²) in [5, 5.41) is 28.7. The van der Waals surface area contributed by atoms with Crippen molar-refractivity contribution in [2.75, 3.05) is 6.61 Å². The monoisotopic (exact) mass is 321 g/mol. The molecule has 0 saturated carbocycles. The number of imide groups is 1. The summed E-state index contributed by atoms with van der Waals surface area (Å²) in [7, 11) is 0. The van der Waals surface area contributed by atoms with Gasteiger partial charge in [0.05, 0.1) is 13.2 Å². The van der Waals surface area contributed by atoms with Crippen molar-refractivity contribution >= 4 is 18.0 Å². The van der Waals surface area contributed by atoms with Crippen LogP contribution in [0, 0.1) is 0 Å². The summed E-state index contributed by atoms with van der Waals surface area (Å²) in [6, 6.07) is 8.77. The Hall–Kier alpha value is -2.71. The number of carboxylic acid groups (broad SMARTS) is 2. The zero-order chi connectivity index (χ0) is 17.2. The van der Waals surface area contributed by atoms with Crippen LogP contribution in [0.1, 0.15) is 5.56 Å². The van der Waals surface area contributed by atoms with Gasteiger partial charge in [-0.15, -0.1) is 0 Å². The lowest BCUT2D eigenvalue weighted by atomic mass is 9.92. The summed E-state index contributed by atoms with van der Waals surface area (Å²) in [6.07, 6.45) is -3.68. The number of aliphatic carboxylic acids is 1. The second-order valence-corrected chi connectivity index (χ2v) is 5.06. The van der Waals surface area contributed by atoms with E-state index in [0.717, 1.165) is 5.56 Å². The van der Waals surface area contributed by atoms with E-state index in [1.807, 2.05) is 0 Å². The lowest BCUT2D eigenvalue weighted by molar-refractivity contribution is -0.162. The van der Waals surface area contributed by atoms with E-state index in [1.165, 1.54) is 0 Å². The number of nitrogens with zero attached hydrogens (tertiary/aromatic N) is 1. The SMILES string of the molecule is C=C1C(=O)N(C(=O)O)C(COCc2ccccc2)(C(=O)O)C1O. The van der Waals surface area contributed by atoms with Crippen molar-refractivity contribution in [3.63, 3.8) is 0 Å². The Morgan fingerprint density at radius 1 is 1.26 bits per heavy atom. The molecule has 3 N–H and O–H groups in total. The van der Waals surface area contributed by atoms with Gasteiger partial charge < -0.3 is 20.1 Å². The van der Waals surface area contributed by atoms with E-state index in [2.05, 4.69) is 6.58 Å². The molecule has 1 aromatic rings. The number of likely N-dealkylation sites (tertiary alicyclic amines) is 1. The van der Waals surface area contributed by atoms with Crippen LogP contribution in [0.5, 0.6) is 0 Å². The van der Waals surface area contributed by atoms with Crippen LogP contribution in [0.3, 0.4) is 0 Å². The number of aliphatic hydroxyl groups excluding tert-OH is 1. The quantitative estimate of drug-likeness (QED) is 0.673. The number of ether oxygens (including phenoxy) is 1. The summed E-state index contributed by atoms with van der Waals surface area (Å²) in [5.74, 6) is -2.84. The molecule has 8 nitrogen and oxygen atoms in total. The highest BCUT2D eigenvalue weighted by Gasteiger charge is 2.63. The molecule has 2 rings (SSSR count). The summed E-state index contributed by atoms with van der Waals surface area (Å²) in [5.41, 5.74) is -2.22. The van der Waals surface area contributed by atoms with Crippen LogP contribution in [0.15, 0.2) is 42.5 Å². The predicted molar refractivity (Wildman–Crippen MR) is 76.5 cm³/mol. The lowest BCUT2D eigenvalue weighted by Crippen LogP contribution is -2.62. The van der Waals surface area contributed by atoms with Crippen molar-refractivity contribution in [3.8, 4) is 0 Å². The minimum Gasteiger partial charge on any atom is -0.479 e. The minimum atomic E-state index is -2.45. The molecule has 2 atom stereocenters. The van der Waals surface area contributed by atoms with Crippen LogP contribution in [-0.4, -0.2) is 56.4 Å². The van der Waals surface area contributed by atoms with Crippen molar-refractivity contribution in [3.05, 3.63) is 48.0 Å². The zero-order valence-electron chi connectivity index (χ0n) is 12.0. The van der Waals surface area contributed by atoms with Gasteiger partial charge in [0.15, 0.2) is 0 Å². The van der Waals surface area contributed by atoms with Crippen LogP contribution in [0.4, 0.5) is 4.79 Å². The molecule has 0 aromatic heterocycles. The van der Waals surface area contributed by atoms with Gasteiger partial charge in [-0.25, -0.2) is 14.5 Å². The summed E-state index contributed by atoms with van der Waals surface area (Å²) < 4.78 is 5.28. The molecule has 0 aliphatic carbocycles. The number of carbonyl (C=O) groups excluding carboxylic acids is 1. The zero-order valence-corrected chi connectivity index (χ0v) is 12.0. The summed E-state index contributed by atoms with van der Waals surface area (Å²) >= 11 is 0. The Morgan fingerprint density at radius 3 is 2.39 bits per heavy atom. The molecular weight excluding hydrogens is 306 g/mol. The van der Waals surface area contributed by atoms with E-state index in [0.29, 0.717) is 0 Å². The van der Waals surface area contributed by atoms with Crippen LogP contribution >= 0.6 is 0 Å². The topological polar surface area (TPSA) is 124 Å². The number of carbonyl (C=O) groups is 3. The number of hydrogen-bond acceptors (Lipinski definition) is 5. The Balaban J connectivity index is 2.27. The molecule has 0 spiro atoms. The fourth-order valence-corrected chi connectivity index (χ4v) is 2.43. The van der Waals surface area contributed by atoms with Crippen LogP contribution < -0.4 is 0 Å². The third-order valence-corrected chi connectivity index (χ3v) is 3.65. The van der Waals surface area contributed by atoms with E-state index in [-0.39, 0.29) is 11.5 Å². The van der Waals surface area contributed by atoms with Crippen LogP contribution in [0.25, 0.3) is 0 Å². The maximum atomic E-state index is 11.9. The normalized spacial score (nSPS) is 24.0. The number of amides is 2.